The summed E-state index contributed by atoms with van der Waals surface area (Å²) < 4.78 is 1.67. The van der Waals surface area contributed by atoms with Crippen molar-refractivity contribution in [3.05, 3.63) is 30.5 Å². The normalized spacial score (nSPS) is 18.7. The smallest absolute Gasteiger partial charge is 0.323 e. The van der Waals surface area contributed by atoms with E-state index in [4.69, 9.17) is 5.11 Å². The lowest BCUT2D eigenvalue weighted by Crippen LogP contribution is -2.44. The summed E-state index contributed by atoms with van der Waals surface area (Å²) in [4.78, 5) is 24.7. The number of nitrogens with zero attached hydrogens (tertiary/aromatic N) is 3. The number of carboxylic acid groups (broad SMARTS) is 1. The van der Waals surface area contributed by atoms with Crippen molar-refractivity contribution in [3.8, 4) is 0 Å². The number of hydrogen-bond donors (Lipinski definition) is 2. The Balaban J connectivity index is 1.69. The predicted octanol–water partition coefficient (Wildman–Crippen LogP) is 1.66. The first-order valence-corrected chi connectivity index (χ1v) is 6.86. The molecule has 0 spiro atoms. The molecule has 0 saturated carbocycles. The van der Waals surface area contributed by atoms with Crippen LogP contribution in [0.25, 0.3) is 5.52 Å². The van der Waals surface area contributed by atoms with E-state index in [2.05, 4.69) is 10.4 Å². The number of rotatable bonds is 2. The maximum Gasteiger partial charge on any atom is 0.323 e. The number of carbonyl (C=O) groups excluding carboxylic acids is 1. The fraction of sp³-hybridized carbons (Fsp3) is 0.357. The molecule has 1 atom stereocenters. The molecule has 110 valence electrons. The van der Waals surface area contributed by atoms with E-state index >= 15 is 0 Å². The van der Waals surface area contributed by atoms with Crippen molar-refractivity contribution in [2.75, 3.05) is 18.4 Å². The van der Waals surface area contributed by atoms with Gasteiger partial charge in [-0.2, -0.15) is 0 Å². The van der Waals surface area contributed by atoms with Gasteiger partial charge in [-0.15, -0.1) is 5.10 Å². The van der Waals surface area contributed by atoms with Gasteiger partial charge in [-0.05, 0) is 25.0 Å². The van der Waals surface area contributed by atoms with Gasteiger partial charge >= 0.3 is 12.0 Å². The van der Waals surface area contributed by atoms with Crippen LogP contribution >= 0.6 is 0 Å². The van der Waals surface area contributed by atoms with Gasteiger partial charge in [0.1, 0.15) is 0 Å². The molecule has 3 rings (SSSR count). The predicted molar refractivity (Wildman–Crippen MR) is 76.1 cm³/mol. The number of fused-ring (bicyclic) bond motifs is 1. The molecule has 2 N–H and O–H groups in total. The van der Waals surface area contributed by atoms with Crippen molar-refractivity contribution in [1.82, 2.24) is 14.5 Å². The van der Waals surface area contributed by atoms with Crippen LogP contribution in [-0.4, -0.2) is 44.7 Å². The number of carboxylic acids is 1. The lowest BCUT2D eigenvalue weighted by atomic mass is 9.99. The van der Waals surface area contributed by atoms with E-state index in [0.717, 1.165) is 5.52 Å². The minimum atomic E-state index is -0.847. The number of pyridine rings is 1. The summed E-state index contributed by atoms with van der Waals surface area (Å²) in [6.07, 6.45) is 3.12. The zero-order valence-corrected chi connectivity index (χ0v) is 11.4. The van der Waals surface area contributed by atoms with Gasteiger partial charge in [0.25, 0.3) is 0 Å². The molecule has 0 bridgehead atoms. The van der Waals surface area contributed by atoms with Crippen LogP contribution in [0, 0.1) is 5.92 Å². The van der Waals surface area contributed by atoms with Gasteiger partial charge < -0.3 is 10.0 Å². The lowest BCUT2D eigenvalue weighted by Gasteiger charge is -2.30. The summed E-state index contributed by atoms with van der Waals surface area (Å²) in [5, 5.41) is 16.0. The van der Waals surface area contributed by atoms with Gasteiger partial charge in [0, 0.05) is 25.4 Å². The molecule has 21 heavy (non-hydrogen) atoms. The van der Waals surface area contributed by atoms with Gasteiger partial charge in [-0.3, -0.25) is 10.1 Å². The minimum absolute atomic E-state index is 0.245. The zero-order chi connectivity index (χ0) is 14.8. The van der Waals surface area contributed by atoms with E-state index in [0.29, 0.717) is 25.2 Å². The SMILES string of the molecule is O=C(O)[C@H]1CCCN(C(=O)Nc2cc3ccccn3n2)C1. The first kappa shape index (κ1) is 13.4. The number of carbonyl (C=O) groups is 2. The lowest BCUT2D eigenvalue weighted by molar-refractivity contribution is -0.143. The summed E-state index contributed by atoms with van der Waals surface area (Å²) in [5.74, 6) is -0.866. The molecule has 1 aliphatic heterocycles. The van der Waals surface area contributed by atoms with E-state index in [1.165, 1.54) is 4.90 Å². The Hall–Kier alpha value is -2.57. The number of anilines is 1. The molecule has 3 heterocycles. The molecule has 0 radical (unpaired) electrons. The number of urea groups is 1. The molecule has 7 nitrogen and oxygen atoms in total. The topological polar surface area (TPSA) is 86.9 Å². The molecular weight excluding hydrogens is 272 g/mol. The van der Waals surface area contributed by atoms with Gasteiger partial charge in [0.05, 0.1) is 11.4 Å². The van der Waals surface area contributed by atoms with Crippen LogP contribution in [-0.2, 0) is 4.79 Å². The van der Waals surface area contributed by atoms with Crippen LogP contribution < -0.4 is 5.32 Å². The third-order valence-electron chi connectivity index (χ3n) is 3.66. The highest BCUT2D eigenvalue weighted by atomic mass is 16.4. The minimum Gasteiger partial charge on any atom is -0.481 e. The second-order valence-corrected chi connectivity index (χ2v) is 5.15. The van der Waals surface area contributed by atoms with Gasteiger partial charge in [-0.1, -0.05) is 6.07 Å². The van der Waals surface area contributed by atoms with Gasteiger partial charge in [-0.25, -0.2) is 9.31 Å². The summed E-state index contributed by atoms with van der Waals surface area (Å²) in [5.41, 5.74) is 0.884. The van der Waals surface area contributed by atoms with Crippen molar-refractivity contribution >= 4 is 23.3 Å². The monoisotopic (exact) mass is 288 g/mol. The first-order valence-electron chi connectivity index (χ1n) is 6.86. The number of nitrogens with one attached hydrogen (secondary N) is 1. The van der Waals surface area contributed by atoms with Crippen molar-refractivity contribution < 1.29 is 14.7 Å². The van der Waals surface area contributed by atoms with Crippen LogP contribution in [0.3, 0.4) is 0 Å². The second-order valence-electron chi connectivity index (χ2n) is 5.15. The van der Waals surface area contributed by atoms with Crippen LogP contribution in [0.4, 0.5) is 10.6 Å². The standard InChI is InChI=1S/C14H16N4O3/c19-13(20)10-4-3-6-17(9-10)14(21)15-12-8-11-5-1-2-7-18(11)16-12/h1-2,5,7-8,10H,3-4,6,9H2,(H,19,20)(H,15,16,21)/t10-/m0/s1. The summed E-state index contributed by atoms with van der Waals surface area (Å²) in [6, 6.07) is 7.11. The molecule has 0 aliphatic carbocycles. The van der Waals surface area contributed by atoms with Crippen molar-refractivity contribution in [1.29, 1.82) is 0 Å². The molecule has 1 fully saturated rings. The van der Waals surface area contributed by atoms with Crippen LogP contribution in [0.2, 0.25) is 0 Å². The average molecular weight is 288 g/mol. The van der Waals surface area contributed by atoms with E-state index in [-0.39, 0.29) is 12.6 Å². The molecule has 2 aromatic rings. The maximum absolute atomic E-state index is 12.2. The second kappa shape index (κ2) is 5.43. The number of aliphatic carboxylic acids is 1. The van der Waals surface area contributed by atoms with E-state index in [1.54, 1.807) is 16.8 Å². The third kappa shape index (κ3) is 2.81. The molecule has 1 saturated heterocycles. The highest BCUT2D eigenvalue weighted by molar-refractivity contribution is 5.89. The Morgan fingerprint density at radius 2 is 2.24 bits per heavy atom. The fourth-order valence-corrected chi connectivity index (χ4v) is 2.55. The van der Waals surface area contributed by atoms with Gasteiger partial charge in [0.15, 0.2) is 5.82 Å². The summed E-state index contributed by atoms with van der Waals surface area (Å²) in [7, 11) is 0. The Morgan fingerprint density at radius 1 is 1.38 bits per heavy atom. The molecule has 2 amide bonds. The summed E-state index contributed by atoms with van der Waals surface area (Å²) >= 11 is 0. The van der Waals surface area contributed by atoms with E-state index in [1.807, 2.05) is 18.2 Å². The number of amides is 2. The largest absolute Gasteiger partial charge is 0.481 e. The highest BCUT2D eigenvalue weighted by Crippen LogP contribution is 2.18. The fourth-order valence-electron chi connectivity index (χ4n) is 2.55. The highest BCUT2D eigenvalue weighted by Gasteiger charge is 2.28. The van der Waals surface area contributed by atoms with Crippen molar-refractivity contribution in [2.45, 2.75) is 12.8 Å². The van der Waals surface area contributed by atoms with Crippen LogP contribution in [0.5, 0.6) is 0 Å². The molecule has 2 aromatic heterocycles. The number of likely N-dealkylation sites (tertiary alicyclic amines) is 1. The molecule has 7 heteroatoms. The van der Waals surface area contributed by atoms with Crippen molar-refractivity contribution in [2.24, 2.45) is 5.92 Å². The molecular formula is C14H16N4O3. The van der Waals surface area contributed by atoms with E-state index < -0.39 is 11.9 Å². The number of hydrogen-bond acceptors (Lipinski definition) is 3. The number of piperidine rings is 1. The van der Waals surface area contributed by atoms with Gasteiger partial charge in [0.2, 0.25) is 0 Å². The summed E-state index contributed by atoms with van der Waals surface area (Å²) in [6.45, 7) is 0.817. The van der Waals surface area contributed by atoms with Crippen LogP contribution in [0.1, 0.15) is 12.8 Å². The quantitative estimate of drug-likeness (QED) is 0.880. The Labute approximate surface area is 121 Å². The molecule has 1 aliphatic rings. The maximum atomic E-state index is 12.2. The van der Waals surface area contributed by atoms with Crippen LogP contribution in [0.15, 0.2) is 30.5 Å². The zero-order valence-electron chi connectivity index (χ0n) is 11.4. The molecule has 0 aromatic carbocycles. The Kier molecular flexibility index (Phi) is 3.47. The molecule has 0 unspecified atom stereocenters. The Morgan fingerprint density at radius 3 is 3.00 bits per heavy atom. The van der Waals surface area contributed by atoms with E-state index in [9.17, 15) is 9.59 Å². The van der Waals surface area contributed by atoms with Crippen molar-refractivity contribution in [3.63, 3.8) is 0 Å². The average Bonchev–Trinajstić information content (AvgIpc) is 2.89. The Bertz CT molecular complexity index is 649. The third-order valence-corrected chi connectivity index (χ3v) is 3.66. The number of aromatic nitrogens is 2. The first-order chi connectivity index (χ1) is 10.1.